The fourth-order valence-electron chi connectivity index (χ4n) is 4.25. The van der Waals surface area contributed by atoms with Gasteiger partial charge in [-0.3, -0.25) is 4.90 Å². The molecule has 1 saturated heterocycles. The number of nitrogens with zero attached hydrogens (tertiary/aromatic N) is 1. The maximum absolute atomic E-state index is 11.7. The summed E-state index contributed by atoms with van der Waals surface area (Å²) in [6.45, 7) is 1.94. The monoisotopic (exact) mass is 386 g/mol. The van der Waals surface area contributed by atoms with Crippen molar-refractivity contribution < 1.29 is 13.2 Å². The Morgan fingerprint density at radius 1 is 1.11 bits per heavy atom. The smallest absolute Gasteiger partial charge is 0.175 e. The molecule has 1 aliphatic carbocycles. The highest BCUT2D eigenvalue weighted by molar-refractivity contribution is 7.90. The summed E-state index contributed by atoms with van der Waals surface area (Å²) < 4.78 is 29.8. The van der Waals surface area contributed by atoms with E-state index < -0.39 is 9.84 Å². The van der Waals surface area contributed by atoms with Crippen LogP contribution >= 0.6 is 0 Å². The van der Waals surface area contributed by atoms with E-state index in [-0.39, 0.29) is 18.2 Å². The van der Waals surface area contributed by atoms with E-state index in [1.807, 2.05) is 6.07 Å². The minimum Gasteiger partial charge on any atom is -0.484 e. The van der Waals surface area contributed by atoms with Gasteiger partial charge in [0, 0.05) is 18.8 Å². The zero-order valence-electron chi connectivity index (χ0n) is 15.5. The molecule has 3 atom stereocenters. The predicted octanol–water partition coefficient (Wildman–Crippen LogP) is 2.56. The van der Waals surface area contributed by atoms with Gasteiger partial charge >= 0.3 is 0 Å². The molecule has 0 saturated carbocycles. The van der Waals surface area contributed by atoms with Crippen molar-refractivity contribution in [2.75, 3.05) is 19.3 Å². The molecule has 2 aromatic rings. The first-order chi connectivity index (χ1) is 12.9. The topological polar surface area (TPSA) is 72.6 Å². The van der Waals surface area contributed by atoms with Crippen LogP contribution in [0.25, 0.3) is 0 Å². The maximum atomic E-state index is 11.7. The Hall–Kier alpha value is -1.89. The third-order valence-electron chi connectivity index (χ3n) is 5.61. The molecule has 4 rings (SSSR count). The van der Waals surface area contributed by atoms with Gasteiger partial charge in [-0.1, -0.05) is 24.3 Å². The highest BCUT2D eigenvalue weighted by Crippen LogP contribution is 2.38. The van der Waals surface area contributed by atoms with Gasteiger partial charge in [-0.2, -0.15) is 0 Å². The second-order valence-electron chi connectivity index (χ2n) is 7.65. The SMILES string of the molecule is CS(=O)(=O)c1ccc(O[C@H]2c3ccccc3C[C@@H]2N2CCC[C@@H](N)C2)cc1. The Bertz CT molecular complexity index is 911. The van der Waals surface area contributed by atoms with Crippen LogP contribution < -0.4 is 10.5 Å². The molecule has 6 heteroatoms. The molecule has 0 spiro atoms. The summed E-state index contributed by atoms with van der Waals surface area (Å²) in [5.74, 6) is 0.690. The zero-order valence-corrected chi connectivity index (χ0v) is 16.4. The second-order valence-corrected chi connectivity index (χ2v) is 9.67. The molecular formula is C21H26N2O3S. The minimum atomic E-state index is -3.21. The van der Waals surface area contributed by atoms with Gasteiger partial charge in [0.2, 0.25) is 0 Å². The maximum Gasteiger partial charge on any atom is 0.175 e. The van der Waals surface area contributed by atoms with Gasteiger partial charge in [-0.05, 0) is 61.2 Å². The molecule has 0 bridgehead atoms. The number of sulfone groups is 1. The van der Waals surface area contributed by atoms with Crippen molar-refractivity contribution in [3.63, 3.8) is 0 Å². The number of nitrogens with two attached hydrogens (primary N) is 1. The van der Waals surface area contributed by atoms with Crippen molar-refractivity contribution in [3.05, 3.63) is 59.7 Å². The Morgan fingerprint density at radius 3 is 2.56 bits per heavy atom. The first-order valence-corrected chi connectivity index (χ1v) is 11.3. The standard InChI is InChI=1S/C21H26N2O3S/c1-27(24,25)18-10-8-17(9-11-18)26-21-19-7-3-2-5-15(19)13-20(21)23-12-4-6-16(22)14-23/h2-3,5,7-11,16,20-21H,4,6,12-14,22H2,1H3/t16-,20+,21+/m1/s1. The second kappa shape index (κ2) is 7.26. The van der Waals surface area contributed by atoms with Gasteiger partial charge in [0.05, 0.1) is 10.9 Å². The number of ether oxygens (including phenoxy) is 1. The molecule has 2 aliphatic rings. The van der Waals surface area contributed by atoms with Crippen LogP contribution in [-0.2, 0) is 16.3 Å². The first-order valence-electron chi connectivity index (χ1n) is 9.46. The van der Waals surface area contributed by atoms with Crippen LogP contribution in [0.4, 0.5) is 0 Å². The Kier molecular flexibility index (Phi) is 4.97. The normalized spacial score (nSPS) is 25.9. The summed E-state index contributed by atoms with van der Waals surface area (Å²) in [6, 6.07) is 15.6. The summed E-state index contributed by atoms with van der Waals surface area (Å²) in [5.41, 5.74) is 8.75. The van der Waals surface area contributed by atoms with Crippen molar-refractivity contribution in [3.8, 4) is 5.75 Å². The lowest BCUT2D eigenvalue weighted by atomic mass is 10.0. The van der Waals surface area contributed by atoms with Crippen LogP contribution in [-0.4, -0.2) is 44.7 Å². The van der Waals surface area contributed by atoms with Crippen LogP contribution in [0.2, 0.25) is 0 Å². The molecule has 27 heavy (non-hydrogen) atoms. The van der Waals surface area contributed by atoms with E-state index in [1.54, 1.807) is 24.3 Å². The number of piperidine rings is 1. The first kappa shape index (κ1) is 18.5. The quantitative estimate of drug-likeness (QED) is 0.874. The molecule has 0 aromatic heterocycles. The van der Waals surface area contributed by atoms with Crippen LogP contribution in [0.1, 0.15) is 30.1 Å². The van der Waals surface area contributed by atoms with Crippen LogP contribution in [0.5, 0.6) is 5.75 Å². The van der Waals surface area contributed by atoms with Crippen LogP contribution in [0, 0.1) is 0 Å². The Balaban J connectivity index is 1.60. The highest BCUT2D eigenvalue weighted by Gasteiger charge is 2.39. The zero-order chi connectivity index (χ0) is 19.0. The molecule has 0 amide bonds. The van der Waals surface area contributed by atoms with Gasteiger partial charge in [-0.15, -0.1) is 0 Å². The molecule has 2 N–H and O–H groups in total. The molecule has 0 unspecified atom stereocenters. The lowest BCUT2D eigenvalue weighted by Crippen LogP contribution is -2.49. The molecule has 0 radical (unpaired) electrons. The minimum absolute atomic E-state index is 0.0735. The van der Waals surface area contributed by atoms with E-state index in [0.29, 0.717) is 10.6 Å². The van der Waals surface area contributed by atoms with Crippen LogP contribution in [0.15, 0.2) is 53.4 Å². The summed E-state index contributed by atoms with van der Waals surface area (Å²) >= 11 is 0. The van der Waals surface area contributed by atoms with Crippen molar-refractivity contribution in [2.45, 2.75) is 42.3 Å². The number of hydrogen-bond donors (Lipinski definition) is 1. The van der Waals surface area contributed by atoms with E-state index in [1.165, 1.54) is 17.4 Å². The Morgan fingerprint density at radius 2 is 1.85 bits per heavy atom. The van der Waals surface area contributed by atoms with Crippen molar-refractivity contribution in [1.29, 1.82) is 0 Å². The Labute approximate surface area is 161 Å². The number of hydrogen-bond acceptors (Lipinski definition) is 5. The van der Waals surface area contributed by atoms with Gasteiger partial charge < -0.3 is 10.5 Å². The number of likely N-dealkylation sites (tertiary alicyclic amines) is 1. The summed E-state index contributed by atoms with van der Waals surface area (Å²) in [6.07, 6.45) is 4.29. The van der Waals surface area contributed by atoms with E-state index in [9.17, 15) is 8.42 Å². The fourth-order valence-corrected chi connectivity index (χ4v) is 4.88. The summed E-state index contributed by atoms with van der Waals surface area (Å²) in [7, 11) is -3.21. The molecule has 1 heterocycles. The van der Waals surface area contributed by atoms with Crippen molar-refractivity contribution in [2.24, 2.45) is 5.73 Å². The third-order valence-corrected chi connectivity index (χ3v) is 6.74. The number of rotatable bonds is 4. The average molecular weight is 387 g/mol. The lowest BCUT2D eigenvalue weighted by Gasteiger charge is -2.38. The number of fused-ring (bicyclic) bond motifs is 1. The lowest BCUT2D eigenvalue weighted by molar-refractivity contribution is 0.0593. The third kappa shape index (κ3) is 3.88. The molecular weight excluding hydrogens is 360 g/mol. The number of benzene rings is 2. The fraction of sp³-hybridized carbons (Fsp3) is 0.429. The van der Waals surface area contributed by atoms with E-state index in [2.05, 4.69) is 23.1 Å². The van der Waals surface area contributed by atoms with Crippen molar-refractivity contribution in [1.82, 2.24) is 4.90 Å². The van der Waals surface area contributed by atoms with E-state index in [4.69, 9.17) is 10.5 Å². The summed E-state index contributed by atoms with van der Waals surface area (Å²) in [4.78, 5) is 2.77. The van der Waals surface area contributed by atoms with Crippen molar-refractivity contribution >= 4 is 9.84 Å². The predicted molar refractivity (Wildman–Crippen MR) is 106 cm³/mol. The van der Waals surface area contributed by atoms with Gasteiger partial charge in [-0.25, -0.2) is 8.42 Å². The molecule has 1 aliphatic heterocycles. The van der Waals surface area contributed by atoms with E-state index >= 15 is 0 Å². The van der Waals surface area contributed by atoms with Crippen LogP contribution in [0.3, 0.4) is 0 Å². The molecule has 144 valence electrons. The van der Waals surface area contributed by atoms with E-state index in [0.717, 1.165) is 32.4 Å². The molecule has 1 fully saturated rings. The molecule has 5 nitrogen and oxygen atoms in total. The van der Waals surface area contributed by atoms with Gasteiger partial charge in [0.1, 0.15) is 11.9 Å². The highest BCUT2D eigenvalue weighted by atomic mass is 32.2. The van der Waals surface area contributed by atoms with Gasteiger partial charge in [0.25, 0.3) is 0 Å². The summed E-state index contributed by atoms with van der Waals surface area (Å²) in [5, 5.41) is 0. The average Bonchev–Trinajstić information content (AvgIpc) is 3.00. The largest absolute Gasteiger partial charge is 0.484 e. The molecule has 2 aromatic carbocycles. The van der Waals surface area contributed by atoms with Gasteiger partial charge in [0.15, 0.2) is 9.84 Å².